The molecule has 2 aromatic carbocycles. The van der Waals surface area contributed by atoms with Crippen molar-refractivity contribution in [2.75, 3.05) is 5.73 Å². The van der Waals surface area contributed by atoms with Crippen LogP contribution in [0.1, 0.15) is 41.3 Å². The molecule has 1 amide bonds. The van der Waals surface area contributed by atoms with E-state index < -0.39 is 5.91 Å². The van der Waals surface area contributed by atoms with Gasteiger partial charge >= 0.3 is 0 Å². The van der Waals surface area contributed by atoms with Crippen LogP contribution in [0.15, 0.2) is 36.4 Å². The Bertz CT molecular complexity index is 678. The summed E-state index contributed by atoms with van der Waals surface area (Å²) in [5.74, 6) is 1.07. The number of primary amides is 1. The summed E-state index contributed by atoms with van der Waals surface area (Å²) in [6, 6.07) is 10.9. The molecule has 0 spiro atoms. The SMILES string of the molecule is Cc1ccc(C(C)C)cc1Oc1cc(C(N)=O)ccc1N. The van der Waals surface area contributed by atoms with Gasteiger partial charge in [-0.3, -0.25) is 4.79 Å². The monoisotopic (exact) mass is 284 g/mol. The molecule has 0 bridgehead atoms. The number of hydrogen-bond acceptors (Lipinski definition) is 3. The fourth-order valence-corrected chi connectivity index (χ4v) is 1.98. The van der Waals surface area contributed by atoms with Crippen molar-refractivity contribution in [3.8, 4) is 11.5 Å². The maximum absolute atomic E-state index is 11.3. The molecule has 21 heavy (non-hydrogen) atoms. The lowest BCUT2D eigenvalue weighted by Crippen LogP contribution is -2.11. The number of amides is 1. The Balaban J connectivity index is 2.40. The predicted molar refractivity (Wildman–Crippen MR) is 84.7 cm³/mol. The Morgan fingerprint density at radius 3 is 2.43 bits per heavy atom. The Kier molecular flexibility index (Phi) is 4.17. The number of carbonyl (C=O) groups excluding carboxylic acids is 1. The van der Waals surface area contributed by atoms with Gasteiger partial charge in [-0.05, 0) is 48.2 Å². The van der Waals surface area contributed by atoms with Crippen LogP contribution in [0, 0.1) is 6.92 Å². The summed E-state index contributed by atoms with van der Waals surface area (Å²) in [5, 5.41) is 0. The normalized spacial score (nSPS) is 10.7. The summed E-state index contributed by atoms with van der Waals surface area (Å²) < 4.78 is 5.89. The Hall–Kier alpha value is -2.49. The van der Waals surface area contributed by atoms with Crippen molar-refractivity contribution in [3.63, 3.8) is 0 Å². The maximum atomic E-state index is 11.3. The van der Waals surface area contributed by atoms with Crippen molar-refractivity contribution in [2.24, 2.45) is 5.73 Å². The van der Waals surface area contributed by atoms with E-state index in [9.17, 15) is 4.79 Å². The van der Waals surface area contributed by atoms with E-state index in [1.54, 1.807) is 18.2 Å². The van der Waals surface area contributed by atoms with Gasteiger partial charge in [-0.15, -0.1) is 0 Å². The van der Waals surface area contributed by atoms with Crippen molar-refractivity contribution in [1.29, 1.82) is 0 Å². The quantitative estimate of drug-likeness (QED) is 0.842. The van der Waals surface area contributed by atoms with Gasteiger partial charge in [0.25, 0.3) is 0 Å². The van der Waals surface area contributed by atoms with E-state index in [1.807, 2.05) is 19.1 Å². The molecule has 0 fully saturated rings. The van der Waals surface area contributed by atoms with E-state index in [-0.39, 0.29) is 0 Å². The highest BCUT2D eigenvalue weighted by Crippen LogP contribution is 2.32. The van der Waals surface area contributed by atoms with E-state index in [2.05, 4.69) is 19.9 Å². The Morgan fingerprint density at radius 1 is 1.10 bits per heavy atom. The number of benzene rings is 2. The first-order chi connectivity index (χ1) is 9.88. The van der Waals surface area contributed by atoms with Crippen LogP contribution in [0.25, 0.3) is 0 Å². The van der Waals surface area contributed by atoms with Crippen LogP contribution in [0.3, 0.4) is 0 Å². The van der Waals surface area contributed by atoms with Gasteiger partial charge in [0, 0.05) is 5.56 Å². The number of hydrogen-bond donors (Lipinski definition) is 2. The second kappa shape index (κ2) is 5.87. The van der Waals surface area contributed by atoms with Crippen molar-refractivity contribution in [1.82, 2.24) is 0 Å². The number of ether oxygens (including phenoxy) is 1. The van der Waals surface area contributed by atoms with E-state index in [4.69, 9.17) is 16.2 Å². The molecule has 0 aliphatic carbocycles. The standard InChI is InChI=1S/C17H20N2O2/c1-10(2)12-5-4-11(3)15(8-12)21-16-9-13(17(19)20)6-7-14(16)18/h4-10H,18H2,1-3H3,(H2,19,20). The smallest absolute Gasteiger partial charge is 0.248 e. The van der Waals surface area contributed by atoms with Crippen molar-refractivity contribution >= 4 is 11.6 Å². The molecule has 0 aliphatic heterocycles. The zero-order valence-corrected chi connectivity index (χ0v) is 12.5. The number of anilines is 1. The molecule has 0 unspecified atom stereocenters. The largest absolute Gasteiger partial charge is 0.455 e. The van der Waals surface area contributed by atoms with E-state index >= 15 is 0 Å². The Labute approximate surface area is 124 Å². The topological polar surface area (TPSA) is 78.3 Å². The summed E-state index contributed by atoms with van der Waals surface area (Å²) >= 11 is 0. The van der Waals surface area contributed by atoms with Gasteiger partial charge in [0.1, 0.15) is 5.75 Å². The van der Waals surface area contributed by atoms with E-state index in [1.165, 1.54) is 5.56 Å². The van der Waals surface area contributed by atoms with Crippen molar-refractivity contribution in [3.05, 3.63) is 53.1 Å². The van der Waals surface area contributed by atoms with Gasteiger partial charge in [0.2, 0.25) is 5.91 Å². The lowest BCUT2D eigenvalue weighted by Gasteiger charge is -2.14. The lowest BCUT2D eigenvalue weighted by molar-refractivity contribution is 0.1000. The van der Waals surface area contributed by atoms with Crippen LogP contribution >= 0.6 is 0 Å². The summed E-state index contributed by atoms with van der Waals surface area (Å²) in [6.45, 7) is 6.21. The minimum atomic E-state index is -0.507. The minimum Gasteiger partial charge on any atom is -0.455 e. The molecule has 0 aromatic heterocycles. The number of nitrogen functional groups attached to an aromatic ring is 1. The third kappa shape index (κ3) is 3.34. The van der Waals surface area contributed by atoms with Crippen molar-refractivity contribution in [2.45, 2.75) is 26.7 Å². The number of rotatable bonds is 4. The van der Waals surface area contributed by atoms with Gasteiger partial charge in [0.15, 0.2) is 5.75 Å². The van der Waals surface area contributed by atoms with Crippen LogP contribution in [0.4, 0.5) is 5.69 Å². The fourth-order valence-electron chi connectivity index (χ4n) is 1.98. The van der Waals surface area contributed by atoms with Gasteiger partial charge in [0.05, 0.1) is 5.69 Å². The average molecular weight is 284 g/mol. The van der Waals surface area contributed by atoms with Crippen LogP contribution < -0.4 is 16.2 Å². The molecule has 0 saturated heterocycles. The first kappa shape index (κ1) is 14.9. The Morgan fingerprint density at radius 2 is 1.81 bits per heavy atom. The van der Waals surface area contributed by atoms with Crippen LogP contribution in [-0.4, -0.2) is 5.91 Å². The zero-order valence-electron chi connectivity index (χ0n) is 12.5. The highest BCUT2D eigenvalue weighted by molar-refractivity contribution is 5.93. The summed E-state index contributed by atoms with van der Waals surface area (Å²) in [5.41, 5.74) is 14.2. The number of carbonyl (C=O) groups is 1. The second-order valence-electron chi connectivity index (χ2n) is 5.40. The molecule has 0 atom stereocenters. The molecule has 4 heteroatoms. The van der Waals surface area contributed by atoms with Crippen LogP contribution in [-0.2, 0) is 0 Å². The predicted octanol–water partition coefficient (Wildman–Crippen LogP) is 3.59. The molecular weight excluding hydrogens is 264 g/mol. The van der Waals surface area contributed by atoms with E-state index in [0.717, 1.165) is 11.3 Å². The molecule has 0 heterocycles. The lowest BCUT2D eigenvalue weighted by atomic mass is 10.0. The molecule has 0 radical (unpaired) electrons. The highest BCUT2D eigenvalue weighted by atomic mass is 16.5. The summed E-state index contributed by atoms with van der Waals surface area (Å²) in [7, 11) is 0. The minimum absolute atomic E-state index is 0.372. The molecule has 4 nitrogen and oxygen atoms in total. The van der Waals surface area contributed by atoms with Gasteiger partial charge in [-0.1, -0.05) is 26.0 Å². The number of aryl methyl sites for hydroxylation is 1. The third-order valence-electron chi connectivity index (χ3n) is 3.40. The first-order valence-corrected chi connectivity index (χ1v) is 6.86. The highest BCUT2D eigenvalue weighted by Gasteiger charge is 2.10. The molecule has 110 valence electrons. The summed E-state index contributed by atoms with van der Waals surface area (Å²) in [6.07, 6.45) is 0. The molecule has 0 saturated carbocycles. The maximum Gasteiger partial charge on any atom is 0.248 e. The second-order valence-corrected chi connectivity index (χ2v) is 5.40. The van der Waals surface area contributed by atoms with Gasteiger partial charge in [-0.2, -0.15) is 0 Å². The molecule has 2 rings (SSSR count). The van der Waals surface area contributed by atoms with Crippen LogP contribution in [0.5, 0.6) is 11.5 Å². The van der Waals surface area contributed by atoms with Gasteiger partial charge < -0.3 is 16.2 Å². The first-order valence-electron chi connectivity index (χ1n) is 6.86. The zero-order chi connectivity index (χ0) is 15.6. The fraction of sp³-hybridized carbons (Fsp3) is 0.235. The molecular formula is C17H20N2O2. The summed E-state index contributed by atoms with van der Waals surface area (Å²) in [4.78, 5) is 11.3. The van der Waals surface area contributed by atoms with Gasteiger partial charge in [-0.25, -0.2) is 0 Å². The van der Waals surface area contributed by atoms with E-state index in [0.29, 0.717) is 22.9 Å². The molecule has 0 aliphatic rings. The van der Waals surface area contributed by atoms with Crippen LogP contribution in [0.2, 0.25) is 0 Å². The van der Waals surface area contributed by atoms with Crippen molar-refractivity contribution < 1.29 is 9.53 Å². The molecule has 4 N–H and O–H groups in total. The third-order valence-corrected chi connectivity index (χ3v) is 3.40. The molecule has 2 aromatic rings. The average Bonchev–Trinajstić information content (AvgIpc) is 2.43. The number of nitrogens with two attached hydrogens (primary N) is 2.